The van der Waals surface area contributed by atoms with E-state index >= 15 is 0 Å². The highest BCUT2D eigenvalue weighted by atomic mass is 19.4. The molecule has 0 N–H and O–H groups in total. The highest BCUT2D eigenvalue weighted by molar-refractivity contribution is 5.93. The van der Waals surface area contributed by atoms with Gasteiger partial charge < -0.3 is 9.47 Å². The average Bonchev–Trinajstić information content (AvgIpc) is 2.72. The molecule has 3 aromatic rings. The largest absolute Gasteiger partial charge is 0.489 e. The number of rotatable bonds is 6. The quantitative estimate of drug-likeness (QED) is 0.350. The second-order valence-electron chi connectivity index (χ2n) is 6.60. The lowest BCUT2D eigenvalue weighted by molar-refractivity contribution is -0.0802. The first-order valence-electron chi connectivity index (χ1n) is 9.16. The lowest BCUT2D eigenvalue weighted by Crippen LogP contribution is -2.09. The van der Waals surface area contributed by atoms with Crippen LogP contribution in [0.15, 0.2) is 84.9 Å². The van der Waals surface area contributed by atoms with Gasteiger partial charge in [0.2, 0.25) is 0 Å². The van der Waals surface area contributed by atoms with E-state index in [0.717, 1.165) is 11.1 Å². The summed E-state index contributed by atoms with van der Waals surface area (Å²) in [5.41, 5.74) is 2.14. The van der Waals surface area contributed by atoms with Crippen molar-refractivity contribution in [3.8, 4) is 5.75 Å². The van der Waals surface area contributed by atoms with Gasteiger partial charge in [0.15, 0.2) is 0 Å². The summed E-state index contributed by atoms with van der Waals surface area (Å²) in [6.07, 6.45) is -4.65. The van der Waals surface area contributed by atoms with E-state index in [1.54, 1.807) is 24.3 Å². The van der Waals surface area contributed by atoms with Gasteiger partial charge in [-0.1, -0.05) is 60.2 Å². The maximum atomic E-state index is 12.9. The van der Waals surface area contributed by atoms with Crippen LogP contribution in [0.4, 0.5) is 13.2 Å². The van der Waals surface area contributed by atoms with Gasteiger partial charge >= 0.3 is 12.1 Å². The standard InChI is InChI=1S/C24H19F3O3/c1-17-7-9-19(10-8-17)22(15-24(25,26)27)30-23(28)20-11-13-21(14-12-20)29-16-18-5-3-2-4-6-18/h2-15H,16H2,1H3/b22-15+. The van der Waals surface area contributed by atoms with Gasteiger partial charge in [0.25, 0.3) is 0 Å². The number of esters is 1. The summed E-state index contributed by atoms with van der Waals surface area (Å²) in [6.45, 7) is 2.17. The number of hydrogen-bond donors (Lipinski definition) is 0. The Kier molecular flexibility index (Phi) is 6.57. The average molecular weight is 412 g/mol. The molecule has 3 nitrogen and oxygen atoms in total. The molecule has 3 aromatic carbocycles. The van der Waals surface area contributed by atoms with Gasteiger partial charge in [-0.3, -0.25) is 0 Å². The van der Waals surface area contributed by atoms with Crippen molar-refractivity contribution in [1.82, 2.24) is 0 Å². The number of ether oxygens (including phenoxy) is 2. The Bertz CT molecular complexity index is 1010. The van der Waals surface area contributed by atoms with Gasteiger partial charge in [0, 0.05) is 5.56 Å². The van der Waals surface area contributed by atoms with Crippen LogP contribution < -0.4 is 4.74 Å². The Balaban J connectivity index is 1.71. The summed E-state index contributed by atoms with van der Waals surface area (Å²) >= 11 is 0. The van der Waals surface area contributed by atoms with E-state index in [1.807, 2.05) is 37.3 Å². The first-order chi connectivity index (χ1) is 14.3. The molecule has 0 atom stereocenters. The van der Waals surface area contributed by atoms with Crippen molar-refractivity contribution in [1.29, 1.82) is 0 Å². The Hall–Kier alpha value is -3.54. The molecule has 0 aliphatic heterocycles. The van der Waals surface area contributed by atoms with Gasteiger partial charge in [0.1, 0.15) is 18.1 Å². The predicted octanol–water partition coefficient (Wildman–Crippen LogP) is 6.33. The van der Waals surface area contributed by atoms with Crippen molar-refractivity contribution >= 4 is 11.7 Å². The van der Waals surface area contributed by atoms with Crippen LogP contribution >= 0.6 is 0 Å². The molecule has 6 heteroatoms. The number of halogens is 3. The minimum atomic E-state index is -4.63. The van der Waals surface area contributed by atoms with Crippen LogP contribution in [-0.2, 0) is 11.3 Å². The number of carbonyl (C=O) groups is 1. The third kappa shape index (κ3) is 6.24. The smallest absolute Gasteiger partial charge is 0.413 e. The number of allylic oxidation sites excluding steroid dienone is 1. The lowest BCUT2D eigenvalue weighted by atomic mass is 10.1. The maximum Gasteiger partial charge on any atom is 0.413 e. The number of benzene rings is 3. The normalized spacial score (nSPS) is 11.8. The summed E-state index contributed by atoms with van der Waals surface area (Å²) in [6, 6.07) is 21.8. The van der Waals surface area contributed by atoms with Crippen molar-refractivity contribution < 1.29 is 27.4 Å². The zero-order chi connectivity index (χ0) is 21.6. The summed E-state index contributed by atoms with van der Waals surface area (Å²) < 4.78 is 49.5. The van der Waals surface area contributed by atoms with E-state index in [-0.39, 0.29) is 17.2 Å². The molecule has 0 aliphatic carbocycles. The van der Waals surface area contributed by atoms with E-state index in [0.29, 0.717) is 12.4 Å². The summed E-state index contributed by atoms with van der Waals surface area (Å²) in [4.78, 5) is 12.4. The minimum Gasteiger partial charge on any atom is -0.489 e. The van der Waals surface area contributed by atoms with E-state index in [9.17, 15) is 18.0 Å². The molecule has 0 spiro atoms. The number of hydrogen-bond acceptors (Lipinski definition) is 3. The summed E-state index contributed by atoms with van der Waals surface area (Å²) in [5, 5.41) is 0. The fourth-order valence-electron chi connectivity index (χ4n) is 2.63. The van der Waals surface area contributed by atoms with Gasteiger partial charge in [-0.2, -0.15) is 13.2 Å². The van der Waals surface area contributed by atoms with Crippen LogP contribution in [0.25, 0.3) is 5.76 Å². The molecule has 0 bridgehead atoms. The summed E-state index contributed by atoms with van der Waals surface area (Å²) in [7, 11) is 0. The molecule has 30 heavy (non-hydrogen) atoms. The molecule has 3 rings (SSSR count). The highest BCUT2D eigenvalue weighted by Crippen LogP contribution is 2.26. The summed E-state index contributed by atoms with van der Waals surface area (Å²) in [5.74, 6) is -0.919. The van der Waals surface area contributed by atoms with Gasteiger partial charge in [-0.15, -0.1) is 0 Å². The highest BCUT2D eigenvalue weighted by Gasteiger charge is 2.27. The van der Waals surface area contributed by atoms with Gasteiger partial charge in [-0.05, 0) is 36.8 Å². The van der Waals surface area contributed by atoms with E-state index in [4.69, 9.17) is 9.47 Å². The number of alkyl halides is 3. The first-order valence-corrected chi connectivity index (χ1v) is 9.16. The molecule has 0 fully saturated rings. The van der Waals surface area contributed by atoms with Crippen molar-refractivity contribution in [2.24, 2.45) is 0 Å². The predicted molar refractivity (Wildman–Crippen MR) is 108 cm³/mol. The van der Waals surface area contributed by atoms with Gasteiger partial charge in [-0.25, -0.2) is 4.79 Å². The number of aryl methyl sites for hydroxylation is 1. The van der Waals surface area contributed by atoms with Crippen LogP contribution in [0, 0.1) is 6.92 Å². The molecule has 0 amide bonds. The third-order valence-electron chi connectivity index (χ3n) is 4.17. The zero-order valence-electron chi connectivity index (χ0n) is 16.1. The Morgan fingerprint density at radius 3 is 2.07 bits per heavy atom. The Morgan fingerprint density at radius 2 is 1.47 bits per heavy atom. The molecule has 0 unspecified atom stereocenters. The molecule has 0 saturated heterocycles. The van der Waals surface area contributed by atoms with E-state index in [2.05, 4.69) is 0 Å². The van der Waals surface area contributed by atoms with E-state index < -0.39 is 17.9 Å². The lowest BCUT2D eigenvalue weighted by Gasteiger charge is -2.12. The molecule has 154 valence electrons. The van der Waals surface area contributed by atoms with E-state index in [1.165, 1.54) is 24.3 Å². The molecule has 0 aromatic heterocycles. The molecular weight excluding hydrogens is 393 g/mol. The fraction of sp³-hybridized carbons (Fsp3) is 0.125. The topological polar surface area (TPSA) is 35.5 Å². The SMILES string of the molecule is Cc1ccc(/C(=C\C(F)(F)F)OC(=O)c2ccc(OCc3ccccc3)cc2)cc1. The monoisotopic (exact) mass is 412 g/mol. The van der Waals surface area contributed by atoms with Crippen LogP contribution in [-0.4, -0.2) is 12.1 Å². The van der Waals surface area contributed by atoms with Crippen LogP contribution in [0.5, 0.6) is 5.75 Å². The molecule has 0 aliphatic rings. The van der Waals surface area contributed by atoms with Gasteiger partial charge in [0.05, 0.1) is 11.6 Å². The first kappa shape index (κ1) is 21.2. The van der Waals surface area contributed by atoms with Crippen molar-refractivity contribution in [2.75, 3.05) is 0 Å². The molecule has 0 radical (unpaired) electrons. The fourth-order valence-corrected chi connectivity index (χ4v) is 2.63. The second-order valence-corrected chi connectivity index (χ2v) is 6.60. The molecular formula is C24H19F3O3. The van der Waals surface area contributed by atoms with Crippen LogP contribution in [0.3, 0.4) is 0 Å². The van der Waals surface area contributed by atoms with Crippen LogP contribution in [0.2, 0.25) is 0 Å². The number of carbonyl (C=O) groups excluding carboxylic acids is 1. The Labute approximate surface area is 172 Å². The zero-order valence-corrected chi connectivity index (χ0v) is 16.1. The maximum absolute atomic E-state index is 12.9. The van der Waals surface area contributed by atoms with Crippen LogP contribution in [0.1, 0.15) is 27.0 Å². The van der Waals surface area contributed by atoms with Crippen molar-refractivity contribution in [2.45, 2.75) is 19.7 Å². The molecule has 0 heterocycles. The van der Waals surface area contributed by atoms with Crippen molar-refractivity contribution in [3.05, 3.63) is 107 Å². The minimum absolute atomic E-state index is 0.0209. The second kappa shape index (κ2) is 9.31. The van der Waals surface area contributed by atoms with Crippen molar-refractivity contribution in [3.63, 3.8) is 0 Å². The molecule has 0 saturated carbocycles. The Morgan fingerprint density at radius 1 is 0.867 bits per heavy atom. The third-order valence-corrected chi connectivity index (χ3v) is 4.17.